The first kappa shape index (κ1) is 16.5. The van der Waals surface area contributed by atoms with Crippen molar-refractivity contribution in [1.82, 2.24) is 0 Å². The Morgan fingerprint density at radius 1 is 1.25 bits per heavy atom. The molecule has 0 unspecified atom stereocenters. The third kappa shape index (κ3) is 7.75. The van der Waals surface area contributed by atoms with E-state index in [0.29, 0.717) is 12.2 Å². The van der Waals surface area contributed by atoms with Crippen LogP contribution in [0.1, 0.15) is 25.3 Å². The van der Waals surface area contributed by atoms with Gasteiger partial charge in [-0.15, -0.1) is 0 Å². The normalized spacial score (nSPS) is 11.1. The predicted octanol–water partition coefficient (Wildman–Crippen LogP) is 1.84. The Morgan fingerprint density at radius 2 is 2.00 bits per heavy atom. The molecule has 0 amide bonds. The van der Waals surface area contributed by atoms with Crippen LogP contribution in [0.2, 0.25) is 0 Å². The van der Waals surface area contributed by atoms with E-state index in [2.05, 4.69) is 9.07 Å². The van der Waals surface area contributed by atoms with Crippen LogP contribution in [0.25, 0.3) is 0 Å². The number of rotatable bonds is 8. The highest BCUT2D eigenvalue weighted by Gasteiger charge is 2.03. The lowest BCUT2D eigenvalue weighted by molar-refractivity contribution is -0.210. The van der Waals surface area contributed by atoms with Gasteiger partial charge in [0.15, 0.2) is 5.75 Å². The summed E-state index contributed by atoms with van der Waals surface area (Å²) in [5.74, 6) is -0.0709. The van der Waals surface area contributed by atoms with Gasteiger partial charge in [-0.25, -0.2) is 4.79 Å². The second kappa shape index (κ2) is 7.86. The lowest BCUT2D eigenvalue weighted by Gasteiger charge is -2.05. The zero-order chi connectivity index (χ0) is 15.0. The first-order valence-electron chi connectivity index (χ1n) is 6.15. The molecule has 0 aliphatic heterocycles. The highest BCUT2D eigenvalue weighted by molar-refractivity contribution is 7.85. The number of aryl methyl sites for hydroxylation is 1. The smallest absolute Gasteiger partial charge is 0.287 e. The van der Waals surface area contributed by atoms with Crippen molar-refractivity contribution in [2.45, 2.75) is 26.2 Å². The molecule has 7 heteroatoms. The van der Waals surface area contributed by atoms with Crippen molar-refractivity contribution in [3.8, 4) is 5.75 Å². The second-order valence-corrected chi connectivity index (χ2v) is 5.93. The molecule has 1 aromatic carbocycles. The highest BCUT2D eigenvalue weighted by atomic mass is 32.2. The fourth-order valence-corrected chi connectivity index (χ4v) is 1.92. The second-order valence-electron chi connectivity index (χ2n) is 4.29. The van der Waals surface area contributed by atoms with Crippen molar-refractivity contribution in [2.75, 3.05) is 12.9 Å². The van der Waals surface area contributed by atoms with Crippen LogP contribution in [0.15, 0.2) is 24.3 Å². The van der Waals surface area contributed by atoms with Crippen LogP contribution in [-0.4, -0.2) is 27.2 Å². The summed E-state index contributed by atoms with van der Waals surface area (Å²) in [4.78, 5) is 19.9. The third-order valence-electron chi connectivity index (χ3n) is 2.31. The zero-order valence-electron chi connectivity index (χ0n) is 11.5. The van der Waals surface area contributed by atoms with Gasteiger partial charge in [0, 0.05) is 6.92 Å². The largest absolute Gasteiger partial charge is 0.352 e. The summed E-state index contributed by atoms with van der Waals surface area (Å²) in [6, 6.07) is 7.15. The number of benzene rings is 1. The number of hydrogen-bond donors (Lipinski definition) is 0. The summed E-state index contributed by atoms with van der Waals surface area (Å²) in [5, 5.41) is 0. The van der Waals surface area contributed by atoms with E-state index in [1.54, 1.807) is 18.2 Å². The molecule has 0 saturated carbocycles. The maximum atomic E-state index is 10.8. The van der Waals surface area contributed by atoms with Crippen molar-refractivity contribution in [3.05, 3.63) is 29.8 Å². The molecule has 0 saturated heterocycles. The summed E-state index contributed by atoms with van der Waals surface area (Å²) >= 11 is 0. The molecule has 0 spiro atoms. The van der Waals surface area contributed by atoms with Crippen molar-refractivity contribution in [1.29, 1.82) is 0 Å². The fraction of sp³-hybridized carbons (Fsp3) is 0.462. The van der Waals surface area contributed by atoms with Crippen LogP contribution in [0.5, 0.6) is 5.75 Å². The molecule has 0 fully saturated rings. The van der Waals surface area contributed by atoms with Crippen molar-refractivity contribution < 1.29 is 27.2 Å². The van der Waals surface area contributed by atoms with Crippen LogP contribution >= 0.6 is 0 Å². The average Bonchev–Trinajstić information content (AvgIpc) is 2.35. The van der Waals surface area contributed by atoms with Gasteiger partial charge in [-0.05, 0) is 37.0 Å². The quantitative estimate of drug-likeness (QED) is 0.315. The minimum Gasteiger partial charge on any atom is -0.287 e. The van der Waals surface area contributed by atoms with Crippen LogP contribution in [0, 0.1) is 0 Å². The minimum absolute atomic E-state index is 0.183. The molecule has 1 rings (SSSR count). The van der Waals surface area contributed by atoms with E-state index in [0.717, 1.165) is 24.7 Å². The molecule has 0 heterocycles. The van der Waals surface area contributed by atoms with E-state index in [4.69, 9.17) is 4.89 Å². The van der Waals surface area contributed by atoms with Crippen LogP contribution in [0.3, 0.4) is 0 Å². The van der Waals surface area contributed by atoms with Gasteiger partial charge < -0.3 is 0 Å². The van der Waals surface area contributed by atoms with Gasteiger partial charge in [-0.2, -0.15) is 8.42 Å². The molecule has 1 aromatic rings. The van der Waals surface area contributed by atoms with Crippen molar-refractivity contribution in [2.24, 2.45) is 0 Å². The molecule has 0 aliphatic carbocycles. The Hall–Kier alpha value is -1.60. The Balaban J connectivity index is 2.33. The lowest BCUT2D eigenvalue weighted by Crippen LogP contribution is -2.04. The third-order valence-corrected chi connectivity index (χ3v) is 2.91. The average molecular weight is 302 g/mol. The highest BCUT2D eigenvalue weighted by Crippen LogP contribution is 2.15. The molecule has 0 atom stereocenters. The Kier molecular flexibility index (Phi) is 6.47. The first-order chi connectivity index (χ1) is 9.37. The van der Waals surface area contributed by atoms with Crippen molar-refractivity contribution in [3.63, 3.8) is 0 Å². The van der Waals surface area contributed by atoms with E-state index < -0.39 is 16.1 Å². The summed E-state index contributed by atoms with van der Waals surface area (Å²) < 4.78 is 26.2. The van der Waals surface area contributed by atoms with Gasteiger partial charge in [-0.3, -0.25) is 14.0 Å². The molecular formula is C13H18O6S. The number of unbranched alkanes of at least 4 members (excludes halogenated alkanes) is 1. The number of carbonyl (C=O) groups excluding carboxylic acids is 1. The minimum atomic E-state index is -3.36. The molecule has 20 heavy (non-hydrogen) atoms. The monoisotopic (exact) mass is 302 g/mol. The SMILES string of the molecule is CC(=O)OOc1cccc(CCCCOS(C)(=O)=O)c1. The van der Waals surface area contributed by atoms with E-state index >= 15 is 0 Å². The molecule has 112 valence electrons. The Morgan fingerprint density at radius 3 is 2.65 bits per heavy atom. The molecule has 6 nitrogen and oxygen atoms in total. The van der Waals surface area contributed by atoms with Gasteiger partial charge in [0.25, 0.3) is 10.1 Å². The fourth-order valence-electron chi connectivity index (χ4n) is 1.50. The van der Waals surface area contributed by atoms with E-state index in [1.807, 2.05) is 6.07 Å². The van der Waals surface area contributed by atoms with E-state index in [9.17, 15) is 13.2 Å². The molecule has 0 radical (unpaired) electrons. The number of carbonyl (C=O) groups is 1. The van der Waals surface area contributed by atoms with Crippen LogP contribution in [-0.2, 0) is 30.4 Å². The van der Waals surface area contributed by atoms with Gasteiger partial charge >= 0.3 is 5.97 Å². The molecule has 0 bridgehead atoms. The van der Waals surface area contributed by atoms with E-state index in [1.165, 1.54) is 6.92 Å². The standard InChI is InChI=1S/C13H18O6S/c1-11(14)18-19-13-8-5-7-12(10-13)6-3-4-9-17-20(2,15)16/h5,7-8,10H,3-4,6,9H2,1-2H3. The summed E-state index contributed by atoms with van der Waals surface area (Å²) in [6.45, 7) is 1.44. The van der Waals surface area contributed by atoms with E-state index in [-0.39, 0.29) is 6.61 Å². The topological polar surface area (TPSA) is 78.9 Å². The van der Waals surface area contributed by atoms with Gasteiger partial charge in [-0.1, -0.05) is 12.1 Å². The lowest BCUT2D eigenvalue weighted by atomic mass is 10.1. The molecular weight excluding hydrogens is 284 g/mol. The van der Waals surface area contributed by atoms with Crippen LogP contribution < -0.4 is 4.89 Å². The molecule has 0 aliphatic rings. The Labute approximate surface area is 118 Å². The molecule has 0 N–H and O–H groups in total. The Bertz CT molecular complexity index is 538. The summed E-state index contributed by atoms with van der Waals surface area (Å²) in [7, 11) is -3.36. The van der Waals surface area contributed by atoms with Gasteiger partial charge in [0.1, 0.15) is 0 Å². The number of hydrogen-bond acceptors (Lipinski definition) is 6. The zero-order valence-corrected chi connectivity index (χ0v) is 12.3. The van der Waals surface area contributed by atoms with Crippen LogP contribution in [0.4, 0.5) is 0 Å². The summed E-state index contributed by atoms with van der Waals surface area (Å²) in [5.41, 5.74) is 1.01. The predicted molar refractivity (Wildman–Crippen MR) is 72.6 cm³/mol. The van der Waals surface area contributed by atoms with Crippen molar-refractivity contribution >= 4 is 16.1 Å². The maximum Gasteiger partial charge on any atom is 0.352 e. The summed E-state index contributed by atoms with van der Waals surface area (Å²) in [6.07, 6.45) is 3.21. The first-order valence-corrected chi connectivity index (χ1v) is 7.97. The van der Waals surface area contributed by atoms with Gasteiger partial charge in [0.05, 0.1) is 12.9 Å². The van der Waals surface area contributed by atoms with Gasteiger partial charge in [0.2, 0.25) is 0 Å². The molecule has 0 aromatic heterocycles. The maximum absolute atomic E-state index is 10.8.